The smallest absolute Gasteiger partial charge is 0.255 e. The number of alkyl halides is 2. The molecule has 1 saturated carbocycles. The van der Waals surface area contributed by atoms with Crippen molar-refractivity contribution in [1.29, 1.82) is 0 Å². The molecule has 0 radical (unpaired) electrons. The summed E-state index contributed by atoms with van der Waals surface area (Å²) in [4.78, 5) is 9.05. The topological polar surface area (TPSA) is 90.6 Å². The maximum Gasteiger partial charge on any atom is 0.255 e. The monoisotopic (exact) mass is 568 g/mol. The molecule has 8 rings (SSSR count). The Labute approximate surface area is 236 Å². The minimum Gasteiger partial charge on any atom is -0.416 e. The third-order valence-corrected chi connectivity index (χ3v) is 9.89. The van der Waals surface area contributed by atoms with E-state index in [0.717, 1.165) is 73.6 Å². The first-order chi connectivity index (χ1) is 19.5. The molecule has 8 nitrogen and oxygen atoms in total. The van der Waals surface area contributed by atoms with E-state index in [4.69, 9.17) is 9.52 Å². The molecule has 3 atom stereocenters. The Bertz CT molecular complexity index is 1360. The van der Waals surface area contributed by atoms with Crippen molar-refractivity contribution in [2.75, 3.05) is 53.1 Å². The summed E-state index contributed by atoms with van der Waals surface area (Å²) in [6, 6.07) is 9.82. The van der Waals surface area contributed by atoms with Crippen LogP contribution in [0.1, 0.15) is 32.1 Å². The van der Waals surface area contributed by atoms with Gasteiger partial charge in [0.25, 0.3) is 5.92 Å². The highest BCUT2D eigenvalue weighted by Crippen LogP contribution is 2.63. The van der Waals surface area contributed by atoms with Gasteiger partial charge in [-0.05, 0) is 74.3 Å². The molecule has 3 aromatic rings. The Kier molecular flexibility index (Phi) is 6.82. The number of aliphatic hydroxyl groups excluding tert-OH is 1. The molecule has 0 spiro atoms. The molecule has 11 heteroatoms. The number of rotatable bonds is 4. The van der Waals surface area contributed by atoms with Crippen LogP contribution in [0.5, 0.6) is 0 Å². The Balaban J connectivity index is 1.27. The first-order valence-electron chi connectivity index (χ1n) is 14.3. The zero-order valence-corrected chi connectivity index (χ0v) is 23.1. The van der Waals surface area contributed by atoms with E-state index < -0.39 is 17.8 Å². The highest BCUT2D eigenvalue weighted by atomic mass is 32.2. The number of aromatic nitrogens is 3. The summed E-state index contributed by atoms with van der Waals surface area (Å²) in [7, 11) is 0. The number of halogens is 2. The number of nitrogens with one attached hydrogen (secondary N) is 1. The van der Waals surface area contributed by atoms with Crippen LogP contribution in [0.25, 0.3) is 22.9 Å². The molecule has 2 N–H and O–H groups in total. The fourth-order valence-corrected chi connectivity index (χ4v) is 7.52. The predicted molar refractivity (Wildman–Crippen MR) is 153 cm³/mol. The third-order valence-electron chi connectivity index (χ3n) is 9.12. The Morgan fingerprint density at radius 1 is 1.05 bits per heavy atom. The number of piperidine rings is 2. The molecule has 2 saturated heterocycles. The zero-order valence-electron chi connectivity index (χ0n) is 22.3. The van der Waals surface area contributed by atoms with Crippen LogP contribution in [0.4, 0.5) is 26.0 Å². The van der Waals surface area contributed by atoms with Gasteiger partial charge in [0.1, 0.15) is 5.82 Å². The van der Waals surface area contributed by atoms with Gasteiger partial charge < -0.3 is 24.0 Å². The molecule has 1 aliphatic carbocycles. The summed E-state index contributed by atoms with van der Waals surface area (Å²) >= 11 is 1.44. The van der Waals surface area contributed by atoms with Gasteiger partial charge in [-0.2, -0.15) is 0 Å². The van der Waals surface area contributed by atoms with Crippen molar-refractivity contribution in [2.45, 2.75) is 38.0 Å². The number of nitrogens with zero attached hydrogens (tertiary/aromatic N) is 5. The quantitative estimate of drug-likeness (QED) is 0.310. The van der Waals surface area contributed by atoms with E-state index in [1.165, 1.54) is 11.9 Å². The number of hydrogen-bond donors (Lipinski definition) is 2. The number of aliphatic hydroxyl groups is 1. The standard InChI is InChI=1S/C29H34F2N6O2S/c30-29(31)23-14-18-6-10-36(11-7-18)24-16-21(35-40-13-12-38)3-4-22(24)28-34-33-27(39-28)19-5-8-32-25(15-19)37-9-1-2-20(17-37)26(23)29/h3-5,8,15-16,18,20,23,26,35,38H,1-2,6-7,9-14,17H2. The van der Waals surface area contributed by atoms with E-state index >= 15 is 8.78 Å². The summed E-state index contributed by atoms with van der Waals surface area (Å²) < 4.78 is 40.0. The van der Waals surface area contributed by atoms with Gasteiger partial charge in [0.15, 0.2) is 0 Å². The van der Waals surface area contributed by atoms with Crippen molar-refractivity contribution in [1.82, 2.24) is 15.2 Å². The second-order valence-electron chi connectivity index (χ2n) is 11.5. The molecule has 8 bridgehead atoms. The molecule has 3 unspecified atom stereocenters. The molecule has 5 aliphatic rings. The average molecular weight is 569 g/mol. The summed E-state index contributed by atoms with van der Waals surface area (Å²) in [5, 5.41) is 18.0. The van der Waals surface area contributed by atoms with Gasteiger partial charge in [-0.1, -0.05) is 11.9 Å². The molecular formula is C29H34F2N6O2S. The summed E-state index contributed by atoms with van der Waals surface area (Å²) in [5.41, 5.74) is 3.51. The lowest BCUT2D eigenvalue weighted by atomic mass is 9.87. The van der Waals surface area contributed by atoms with E-state index in [9.17, 15) is 0 Å². The van der Waals surface area contributed by atoms with Crippen LogP contribution in [0, 0.1) is 23.7 Å². The van der Waals surface area contributed by atoms with Crippen molar-refractivity contribution in [2.24, 2.45) is 23.7 Å². The summed E-state index contributed by atoms with van der Waals surface area (Å²) in [6.45, 7) is 3.10. The van der Waals surface area contributed by atoms with Gasteiger partial charge >= 0.3 is 0 Å². The molecule has 6 heterocycles. The number of fused-ring (bicyclic) bond motifs is 2. The molecule has 212 valence electrons. The normalized spacial score (nSPS) is 25.5. The molecular weight excluding hydrogens is 534 g/mol. The van der Waals surface area contributed by atoms with E-state index in [1.54, 1.807) is 6.20 Å². The van der Waals surface area contributed by atoms with Gasteiger partial charge in [0.05, 0.1) is 17.9 Å². The molecule has 2 aromatic heterocycles. The molecule has 1 aromatic carbocycles. The highest BCUT2D eigenvalue weighted by Gasteiger charge is 2.70. The Hall–Kier alpha value is -2.92. The summed E-state index contributed by atoms with van der Waals surface area (Å²) in [5.74, 6) is -1.12. The minimum atomic E-state index is -2.57. The van der Waals surface area contributed by atoms with Crippen molar-refractivity contribution in [3.05, 3.63) is 36.5 Å². The summed E-state index contributed by atoms with van der Waals surface area (Å²) in [6.07, 6.45) is 5.85. The van der Waals surface area contributed by atoms with Crippen LogP contribution < -0.4 is 14.5 Å². The lowest BCUT2D eigenvalue weighted by molar-refractivity contribution is 0.0681. The number of hydrogen-bond acceptors (Lipinski definition) is 9. The maximum atomic E-state index is 15.2. The van der Waals surface area contributed by atoms with Gasteiger partial charge in [0.2, 0.25) is 11.8 Å². The van der Waals surface area contributed by atoms with Gasteiger partial charge in [-0.3, -0.25) is 0 Å². The molecule has 0 amide bonds. The number of pyridine rings is 1. The first kappa shape index (κ1) is 26.0. The van der Waals surface area contributed by atoms with Crippen LogP contribution in [0.15, 0.2) is 40.9 Å². The SMILES string of the molecule is OCCSNc1ccc2c(c1)N1CCC(CC1)CC1C(C3CCCN(C3)c3cc(ccn3)-c3nnc-2o3)C1(F)F. The average Bonchev–Trinajstić information content (AvgIpc) is 3.28. The van der Waals surface area contributed by atoms with E-state index in [2.05, 4.69) is 35.8 Å². The second-order valence-corrected chi connectivity index (χ2v) is 12.4. The predicted octanol–water partition coefficient (Wildman–Crippen LogP) is 5.57. The molecule has 4 aliphatic heterocycles. The first-order valence-corrected chi connectivity index (χ1v) is 15.3. The van der Waals surface area contributed by atoms with E-state index in [1.807, 2.05) is 24.3 Å². The fraction of sp³-hybridized carbons (Fsp3) is 0.552. The lowest BCUT2D eigenvalue weighted by Gasteiger charge is -2.35. The van der Waals surface area contributed by atoms with Crippen LogP contribution >= 0.6 is 11.9 Å². The van der Waals surface area contributed by atoms with E-state index in [-0.39, 0.29) is 12.5 Å². The number of anilines is 3. The molecule has 3 fully saturated rings. The van der Waals surface area contributed by atoms with Crippen molar-refractivity contribution < 1.29 is 18.3 Å². The molecule has 40 heavy (non-hydrogen) atoms. The van der Waals surface area contributed by atoms with Crippen molar-refractivity contribution in [3.8, 4) is 22.9 Å². The van der Waals surface area contributed by atoms with Crippen molar-refractivity contribution >= 4 is 29.1 Å². The maximum absolute atomic E-state index is 15.2. The van der Waals surface area contributed by atoms with Gasteiger partial charge in [0, 0.05) is 61.2 Å². The van der Waals surface area contributed by atoms with Crippen LogP contribution in [0.3, 0.4) is 0 Å². The van der Waals surface area contributed by atoms with Gasteiger partial charge in [-0.15, -0.1) is 10.2 Å². The Morgan fingerprint density at radius 2 is 1.90 bits per heavy atom. The van der Waals surface area contributed by atoms with Crippen LogP contribution in [0.2, 0.25) is 0 Å². The minimum absolute atomic E-state index is 0.0188. The largest absolute Gasteiger partial charge is 0.416 e. The second kappa shape index (κ2) is 10.5. The fourth-order valence-electron chi connectivity index (χ4n) is 7.03. The van der Waals surface area contributed by atoms with Gasteiger partial charge in [-0.25, -0.2) is 13.8 Å². The van der Waals surface area contributed by atoms with E-state index in [0.29, 0.717) is 36.4 Å². The van der Waals surface area contributed by atoms with Crippen LogP contribution in [-0.4, -0.2) is 64.7 Å². The van der Waals surface area contributed by atoms with Crippen LogP contribution in [-0.2, 0) is 0 Å². The Morgan fingerprint density at radius 3 is 2.75 bits per heavy atom. The van der Waals surface area contributed by atoms with Crippen molar-refractivity contribution in [3.63, 3.8) is 0 Å². The highest BCUT2D eigenvalue weighted by molar-refractivity contribution is 8.00. The lowest BCUT2D eigenvalue weighted by Crippen LogP contribution is -2.37. The number of benzene rings is 1. The third kappa shape index (κ3) is 4.81. The zero-order chi connectivity index (χ0) is 27.3.